The van der Waals surface area contributed by atoms with Gasteiger partial charge in [0.05, 0.1) is 24.0 Å². The van der Waals surface area contributed by atoms with Gasteiger partial charge >= 0.3 is 5.97 Å². The minimum Gasteiger partial charge on any atom is -0.465 e. The number of hydrogen-bond donors (Lipinski definition) is 0. The summed E-state index contributed by atoms with van der Waals surface area (Å²) in [6.45, 7) is 3.94. The summed E-state index contributed by atoms with van der Waals surface area (Å²) < 4.78 is 10.7. The van der Waals surface area contributed by atoms with E-state index in [-0.39, 0.29) is 10.7 Å². The van der Waals surface area contributed by atoms with Gasteiger partial charge in [0, 0.05) is 5.56 Å². The molecule has 0 N–H and O–H groups in total. The number of furan rings is 1. The number of aryl methyl sites for hydroxylation is 2. The van der Waals surface area contributed by atoms with Gasteiger partial charge in [-0.1, -0.05) is 36.4 Å². The number of para-hydroxylation sites is 1. The van der Waals surface area contributed by atoms with Gasteiger partial charge in [0.1, 0.15) is 17.1 Å². The zero-order chi connectivity index (χ0) is 27.7. The number of ether oxygens (including phenoxy) is 1. The van der Waals surface area contributed by atoms with Crippen LogP contribution in [0.25, 0.3) is 17.4 Å². The fourth-order valence-corrected chi connectivity index (χ4v) is 4.62. The van der Waals surface area contributed by atoms with Gasteiger partial charge in [-0.3, -0.25) is 19.4 Å². The van der Waals surface area contributed by atoms with Gasteiger partial charge in [-0.2, -0.15) is 0 Å². The van der Waals surface area contributed by atoms with Crippen molar-refractivity contribution in [1.82, 2.24) is 0 Å². The van der Waals surface area contributed by atoms with Gasteiger partial charge in [-0.25, -0.2) is 4.79 Å². The average Bonchev–Trinajstić information content (AvgIpc) is 3.42. The van der Waals surface area contributed by atoms with E-state index in [2.05, 4.69) is 0 Å². The highest BCUT2D eigenvalue weighted by Gasteiger charge is 2.41. The van der Waals surface area contributed by atoms with Crippen LogP contribution in [-0.4, -0.2) is 30.0 Å². The molecule has 0 atom stereocenters. The van der Waals surface area contributed by atoms with Crippen molar-refractivity contribution in [2.24, 2.45) is 0 Å². The second-order valence-electron chi connectivity index (χ2n) is 9.00. The number of esters is 1. The van der Waals surface area contributed by atoms with Crippen LogP contribution in [0.4, 0.5) is 11.4 Å². The number of anilines is 2. The average molecular weight is 537 g/mol. The lowest BCUT2D eigenvalue weighted by Crippen LogP contribution is -2.57. The summed E-state index contributed by atoms with van der Waals surface area (Å²) in [6, 6.07) is 24.7. The third-order valence-corrected chi connectivity index (χ3v) is 6.88. The van der Waals surface area contributed by atoms with Crippen LogP contribution >= 0.6 is 12.2 Å². The van der Waals surface area contributed by atoms with Gasteiger partial charge in [0.2, 0.25) is 0 Å². The lowest BCUT2D eigenvalue weighted by atomic mass is 10.1. The third kappa shape index (κ3) is 4.89. The molecule has 2 amide bonds. The van der Waals surface area contributed by atoms with E-state index in [4.69, 9.17) is 21.4 Å². The zero-order valence-corrected chi connectivity index (χ0v) is 22.3. The highest BCUT2D eigenvalue weighted by Crippen LogP contribution is 2.32. The molecule has 3 aromatic carbocycles. The maximum atomic E-state index is 13.8. The van der Waals surface area contributed by atoms with Crippen molar-refractivity contribution >= 4 is 52.6 Å². The SMILES string of the molecule is COC(=O)c1ccc(-c2ccc(/C=C3\C(=O)N(c4ccccc4)C(=S)N(c4ccc(C)c(C)c4)C3=O)o2)cc1. The summed E-state index contributed by atoms with van der Waals surface area (Å²) in [4.78, 5) is 41.9. The van der Waals surface area contributed by atoms with Gasteiger partial charge in [0.25, 0.3) is 11.8 Å². The van der Waals surface area contributed by atoms with Crippen LogP contribution in [0, 0.1) is 13.8 Å². The molecule has 1 aliphatic heterocycles. The first kappa shape index (κ1) is 25.8. The molecule has 0 aliphatic carbocycles. The summed E-state index contributed by atoms with van der Waals surface area (Å²) in [5.74, 6) is -0.692. The Labute approximate surface area is 230 Å². The second kappa shape index (κ2) is 10.5. The van der Waals surface area contributed by atoms with Crippen LogP contribution in [0.1, 0.15) is 27.2 Å². The highest BCUT2D eigenvalue weighted by molar-refractivity contribution is 7.81. The summed E-state index contributed by atoms with van der Waals surface area (Å²) in [5.41, 5.74) is 4.22. The van der Waals surface area contributed by atoms with E-state index in [0.29, 0.717) is 28.5 Å². The Balaban J connectivity index is 1.55. The standard InChI is InChI=1S/C31H24N2O5S/c1-19-9-14-24(17-20(19)2)33-29(35)26(28(34)32(31(33)39)23-7-5-4-6-8-23)18-25-15-16-27(38-25)21-10-12-22(13-11-21)30(36)37-3/h4-18H,1-3H3/b26-18+. The quantitative estimate of drug-likeness (QED) is 0.133. The van der Waals surface area contributed by atoms with Gasteiger partial charge in [0.15, 0.2) is 5.11 Å². The molecular weight excluding hydrogens is 512 g/mol. The first-order chi connectivity index (χ1) is 18.8. The first-order valence-corrected chi connectivity index (χ1v) is 12.5. The van der Waals surface area contributed by atoms with Crippen molar-refractivity contribution in [2.45, 2.75) is 13.8 Å². The zero-order valence-electron chi connectivity index (χ0n) is 21.5. The van der Waals surface area contributed by atoms with Crippen LogP contribution in [0.15, 0.2) is 94.9 Å². The molecule has 2 heterocycles. The number of methoxy groups -OCH3 is 1. The summed E-state index contributed by atoms with van der Waals surface area (Å²) in [5, 5.41) is 0.0717. The second-order valence-corrected chi connectivity index (χ2v) is 9.36. The minimum absolute atomic E-state index is 0.0717. The Kier molecular flexibility index (Phi) is 6.96. The third-order valence-electron chi connectivity index (χ3n) is 6.52. The molecule has 39 heavy (non-hydrogen) atoms. The molecule has 5 rings (SSSR count). The fourth-order valence-electron chi connectivity index (χ4n) is 4.24. The Hall–Kier alpha value is -4.82. The van der Waals surface area contributed by atoms with Crippen molar-refractivity contribution in [2.75, 3.05) is 16.9 Å². The molecule has 1 fully saturated rings. The van der Waals surface area contributed by atoms with Gasteiger partial charge < -0.3 is 9.15 Å². The predicted molar refractivity (Wildman–Crippen MR) is 153 cm³/mol. The molecule has 0 spiro atoms. The Morgan fingerprint density at radius 2 is 1.49 bits per heavy atom. The summed E-state index contributed by atoms with van der Waals surface area (Å²) >= 11 is 5.69. The molecule has 0 unspecified atom stereocenters. The first-order valence-electron chi connectivity index (χ1n) is 12.1. The largest absolute Gasteiger partial charge is 0.465 e. The number of thiocarbonyl (C=S) groups is 1. The molecule has 194 valence electrons. The van der Waals surface area contributed by atoms with Crippen LogP contribution < -0.4 is 9.80 Å². The van der Waals surface area contributed by atoms with Crippen molar-refractivity contribution < 1.29 is 23.5 Å². The fraction of sp³-hybridized carbons (Fsp3) is 0.0968. The maximum Gasteiger partial charge on any atom is 0.337 e. The van der Waals surface area contributed by atoms with E-state index in [1.54, 1.807) is 60.7 Å². The summed E-state index contributed by atoms with van der Waals surface area (Å²) in [7, 11) is 1.32. The van der Waals surface area contributed by atoms with E-state index in [0.717, 1.165) is 16.7 Å². The Morgan fingerprint density at radius 1 is 0.821 bits per heavy atom. The number of nitrogens with zero attached hydrogens (tertiary/aromatic N) is 2. The molecule has 0 bridgehead atoms. The number of carbonyl (C=O) groups excluding carboxylic acids is 3. The molecule has 1 aromatic heterocycles. The van der Waals surface area contributed by atoms with Crippen molar-refractivity contribution in [3.8, 4) is 11.3 Å². The Bertz CT molecular complexity index is 1640. The van der Waals surface area contributed by atoms with Crippen LogP contribution in [-0.2, 0) is 14.3 Å². The number of hydrogen-bond acceptors (Lipinski definition) is 6. The smallest absolute Gasteiger partial charge is 0.337 e. The maximum absolute atomic E-state index is 13.8. The van der Waals surface area contributed by atoms with E-state index >= 15 is 0 Å². The van der Waals surface area contributed by atoms with Crippen LogP contribution in [0.3, 0.4) is 0 Å². The van der Waals surface area contributed by atoms with E-state index in [1.807, 2.05) is 38.1 Å². The molecule has 0 saturated carbocycles. The normalized spacial score (nSPS) is 14.7. The topological polar surface area (TPSA) is 80.1 Å². The number of benzene rings is 3. The van der Waals surface area contributed by atoms with Crippen molar-refractivity contribution in [3.05, 3.63) is 113 Å². The molecule has 1 saturated heterocycles. The molecule has 7 nitrogen and oxygen atoms in total. The summed E-state index contributed by atoms with van der Waals surface area (Å²) in [6.07, 6.45) is 1.43. The minimum atomic E-state index is -0.545. The Morgan fingerprint density at radius 3 is 2.13 bits per heavy atom. The van der Waals surface area contributed by atoms with Gasteiger partial charge in [-0.15, -0.1) is 0 Å². The van der Waals surface area contributed by atoms with Crippen molar-refractivity contribution in [3.63, 3.8) is 0 Å². The van der Waals surface area contributed by atoms with Crippen molar-refractivity contribution in [1.29, 1.82) is 0 Å². The molecule has 4 aromatic rings. The van der Waals surface area contributed by atoms with E-state index in [1.165, 1.54) is 23.0 Å². The number of rotatable bonds is 5. The number of carbonyl (C=O) groups is 3. The van der Waals surface area contributed by atoms with Crippen LogP contribution in [0.2, 0.25) is 0 Å². The van der Waals surface area contributed by atoms with E-state index < -0.39 is 17.8 Å². The molecule has 8 heteroatoms. The highest BCUT2D eigenvalue weighted by atomic mass is 32.1. The molecule has 0 radical (unpaired) electrons. The molecular formula is C31H24N2O5S. The number of amides is 2. The monoisotopic (exact) mass is 536 g/mol. The predicted octanol–water partition coefficient (Wildman–Crippen LogP) is 6.10. The van der Waals surface area contributed by atoms with Gasteiger partial charge in [-0.05, 0) is 91.8 Å². The van der Waals surface area contributed by atoms with E-state index in [9.17, 15) is 14.4 Å². The lowest BCUT2D eigenvalue weighted by Gasteiger charge is -2.36. The molecule has 1 aliphatic rings. The van der Waals surface area contributed by atoms with Crippen LogP contribution in [0.5, 0.6) is 0 Å². The lowest BCUT2D eigenvalue weighted by molar-refractivity contribution is -0.120.